The van der Waals surface area contributed by atoms with Crippen LogP contribution < -0.4 is 5.32 Å². The number of hydrogen-bond donors (Lipinski definition) is 2. The second-order valence-electron chi connectivity index (χ2n) is 12.5. The van der Waals surface area contributed by atoms with Crippen LogP contribution in [0.5, 0.6) is 0 Å². The number of aliphatic imine (C=N–C) groups is 1. The van der Waals surface area contributed by atoms with Crippen molar-refractivity contribution in [3.8, 4) is 0 Å². The molecule has 0 bridgehead atoms. The zero-order valence-electron chi connectivity index (χ0n) is 24.4. The fourth-order valence-corrected chi connectivity index (χ4v) is 5.80. The molecule has 1 saturated carbocycles. The summed E-state index contributed by atoms with van der Waals surface area (Å²) in [5, 5.41) is 11.6. The Hall–Kier alpha value is -3.69. The molecule has 0 saturated heterocycles. The van der Waals surface area contributed by atoms with Crippen LogP contribution in [0.25, 0.3) is 0 Å². The first-order valence-electron chi connectivity index (χ1n) is 14.3. The van der Waals surface area contributed by atoms with Gasteiger partial charge >= 0.3 is 12.1 Å². The number of alkyl halides is 3. The highest BCUT2D eigenvalue weighted by molar-refractivity contribution is 6.46. The summed E-state index contributed by atoms with van der Waals surface area (Å²) in [6.45, 7) is 8.44. The molecule has 226 valence electrons. The normalized spacial score (nSPS) is 21.8. The quantitative estimate of drug-likeness (QED) is 0.399. The van der Waals surface area contributed by atoms with Crippen LogP contribution in [0, 0.1) is 17.3 Å². The molecule has 1 fully saturated rings. The molecule has 0 radical (unpaired) electrons. The number of carboxylic acid groups (broad SMARTS) is 1. The highest BCUT2D eigenvalue weighted by Crippen LogP contribution is 2.46. The predicted octanol–water partition coefficient (Wildman–Crippen LogP) is 5.96. The highest BCUT2D eigenvalue weighted by atomic mass is 19.4. The minimum atomic E-state index is -4.53. The fraction of sp³-hybridized carbons (Fsp3) is 0.500. The SMILES string of the molecule is C[C@H](CNC(=O)c1ccc(CCN2C(=O)C(c3cccc(C(F)(F)F)c3)=NC23CCC(C(C)(C)C)CC3)cc1)C(=O)O. The molecule has 2 aromatic carbocycles. The van der Waals surface area contributed by atoms with Gasteiger partial charge in [0.2, 0.25) is 0 Å². The number of carboxylic acids is 1. The summed E-state index contributed by atoms with van der Waals surface area (Å²) in [5.74, 6) is -2.00. The van der Waals surface area contributed by atoms with Crippen LogP contribution in [-0.2, 0) is 22.2 Å². The lowest BCUT2D eigenvalue weighted by Crippen LogP contribution is -2.50. The van der Waals surface area contributed by atoms with Crippen LogP contribution in [0.3, 0.4) is 0 Å². The second kappa shape index (κ2) is 11.9. The van der Waals surface area contributed by atoms with Gasteiger partial charge in [-0.25, -0.2) is 0 Å². The monoisotopic (exact) mass is 585 g/mol. The van der Waals surface area contributed by atoms with Crippen molar-refractivity contribution >= 4 is 23.5 Å². The average molecular weight is 586 g/mol. The van der Waals surface area contributed by atoms with E-state index in [0.29, 0.717) is 37.3 Å². The van der Waals surface area contributed by atoms with Crippen molar-refractivity contribution in [2.24, 2.45) is 22.2 Å². The molecule has 7 nitrogen and oxygen atoms in total. The topological polar surface area (TPSA) is 99.1 Å². The van der Waals surface area contributed by atoms with Crippen molar-refractivity contribution < 1.29 is 32.7 Å². The van der Waals surface area contributed by atoms with Crippen molar-refractivity contribution in [1.29, 1.82) is 0 Å². The number of nitrogens with one attached hydrogen (secondary N) is 1. The minimum absolute atomic E-state index is 0.0132. The third-order valence-corrected chi connectivity index (χ3v) is 8.58. The van der Waals surface area contributed by atoms with E-state index in [-0.39, 0.29) is 35.0 Å². The van der Waals surface area contributed by atoms with E-state index in [1.807, 2.05) is 0 Å². The number of aliphatic carboxylic acids is 1. The van der Waals surface area contributed by atoms with Gasteiger partial charge in [0.1, 0.15) is 11.4 Å². The predicted molar refractivity (Wildman–Crippen MR) is 153 cm³/mol. The summed E-state index contributed by atoms with van der Waals surface area (Å²) in [5.41, 5.74) is -0.0167. The van der Waals surface area contributed by atoms with Crippen LogP contribution in [-0.4, -0.2) is 52.3 Å². The zero-order valence-corrected chi connectivity index (χ0v) is 24.4. The van der Waals surface area contributed by atoms with Gasteiger partial charge in [0.25, 0.3) is 11.8 Å². The lowest BCUT2D eigenvalue weighted by molar-refractivity contribution is -0.141. The molecular formula is C32H38F3N3O4. The van der Waals surface area contributed by atoms with Crippen molar-refractivity contribution in [3.05, 3.63) is 70.8 Å². The lowest BCUT2D eigenvalue weighted by Gasteiger charge is -2.45. The fourth-order valence-electron chi connectivity index (χ4n) is 5.80. The Morgan fingerprint density at radius 1 is 1.10 bits per heavy atom. The molecule has 42 heavy (non-hydrogen) atoms. The molecule has 2 amide bonds. The average Bonchev–Trinajstić information content (AvgIpc) is 3.20. The van der Waals surface area contributed by atoms with Gasteiger partial charge in [-0.3, -0.25) is 19.4 Å². The zero-order chi connectivity index (χ0) is 30.9. The van der Waals surface area contributed by atoms with Crippen molar-refractivity contribution in [2.45, 2.75) is 71.6 Å². The number of rotatable bonds is 8. The molecule has 2 aromatic rings. The van der Waals surface area contributed by atoms with Crippen LogP contribution >= 0.6 is 0 Å². The van der Waals surface area contributed by atoms with Crippen LogP contribution in [0.15, 0.2) is 53.5 Å². The number of carbonyl (C=O) groups is 3. The number of amides is 2. The first-order chi connectivity index (χ1) is 19.6. The van der Waals surface area contributed by atoms with Gasteiger partial charge in [0.15, 0.2) is 0 Å². The number of benzene rings is 2. The van der Waals surface area contributed by atoms with E-state index in [2.05, 4.69) is 26.1 Å². The largest absolute Gasteiger partial charge is 0.481 e. The highest BCUT2D eigenvalue weighted by Gasteiger charge is 2.50. The Labute approximate surface area is 244 Å². The standard InChI is InChI=1S/C32H38F3N3O4/c1-20(29(41)42)19-36-27(39)22-10-8-21(9-11-22)14-17-38-28(40)26(23-6-5-7-25(18-23)32(33,34)35)37-31(38)15-12-24(13-16-31)30(2,3)4/h5-11,18,20,24H,12-17,19H2,1-4H3,(H,36,39)(H,41,42)/t20-,24?,31?/m1/s1. The number of hydrogen-bond acceptors (Lipinski definition) is 4. The summed E-state index contributed by atoms with van der Waals surface area (Å²) < 4.78 is 40.3. The van der Waals surface area contributed by atoms with E-state index in [4.69, 9.17) is 10.1 Å². The molecule has 0 aromatic heterocycles. The maximum Gasteiger partial charge on any atom is 0.416 e. The third kappa shape index (κ3) is 6.85. The van der Waals surface area contributed by atoms with E-state index in [0.717, 1.165) is 30.5 Å². The van der Waals surface area contributed by atoms with E-state index in [1.165, 1.54) is 19.1 Å². The van der Waals surface area contributed by atoms with Crippen LogP contribution in [0.2, 0.25) is 0 Å². The van der Waals surface area contributed by atoms with E-state index in [1.54, 1.807) is 29.2 Å². The van der Waals surface area contributed by atoms with E-state index in [9.17, 15) is 27.6 Å². The van der Waals surface area contributed by atoms with Gasteiger partial charge in [-0.1, -0.05) is 52.0 Å². The third-order valence-electron chi connectivity index (χ3n) is 8.58. The maximum absolute atomic E-state index is 13.8. The minimum Gasteiger partial charge on any atom is -0.481 e. The molecule has 4 rings (SSSR count). The summed E-state index contributed by atoms with van der Waals surface area (Å²) in [4.78, 5) is 43.8. The first-order valence-corrected chi connectivity index (χ1v) is 14.3. The summed E-state index contributed by atoms with van der Waals surface area (Å²) in [7, 11) is 0. The molecule has 2 aliphatic rings. The smallest absolute Gasteiger partial charge is 0.416 e. The molecule has 1 aliphatic heterocycles. The second-order valence-corrected chi connectivity index (χ2v) is 12.5. The van der Waals surface area contributed by atoms with Gasteiger partial charge in [-0.15, -0.1) is 0 Å². The van der Waals surface area contributed by atoms with Gasteiger partial charge in [0, 0.05) is 24.2 Å². The molecule has 1 aliphatic carbocycles. The molecular weight excluding hydrogens is 547 g/mol. The van der Waals surface area contributed by atoms with Gasteiger partial charge in [-0.2, -0.15) is 13.2 Å². The summed E-state index contributed by atoms with van der Waals surface area (Å²) in [6.07, 6.45) is -1.07. The Bertz CT molecular complexity index is 1350. The number of nitrogens with zero attached hydrogens (tertiary/aromatic N) is 2. The van der Waals surface area contributed by atoms with Crippen LogP contribution in [0.1, 0.15) is 80.4 Å². The van der Waals surface area contributed by atoms with E-state index >= 15 is 0 Å². The molecule has 1 spiro atoms. The Balaban J connectivity index is 1.53. The van der Waals surface area contributed by atoms with Gasteiger partial charge in [-0.05, 0) is 73.3 Å². The Morgan fingerprint density at radius 2 is 1.74 bits per heavy atom. The molecule has 1 heterocycles. The Morgan fingerprint density at radius 3 is 2.31 bits per heavy atom. The number of halogens is 3. The molecule has 10 heteroatoms. The van der Waals surface area contributed by atoms with Gasteiger partial charge < -0.3 is 15.3 Å². The molecule has 1 atom stereocenters. The van der Waals surface area contributed by atoms with Crippen LogP contribution in [0.4, 0.5) is 13.2 Å². The van der Waals surface area contributed by atoms with Crippen molar-refractivity contribution in [3.63, 3.8) is 0 Å². The molecule has 0 unspecified atom stereocenters. The maximum atomic E-state index is 13.8. The Kier molecular flexibility index (Phi) is 8.85. The lowest BCUT2D eigenvalue weighted by atomic mass is 9.69. The summed E-state index contributed by atoms with van der Waals surface area (Å²) in [6, 6.07) is 11.7. The van der Waals surface area contributed by atoms with Gasteiger partial charge in [0.05, 0.1) is 11.5 Å². The van der Waals surface area contributed by atoms with Crippen molar-refractivity contribution in [1.82, 2.24) is 10.2 Å². The first kappa shape index (κ1) is 31.3. The molecule has 2 N–H and O–H groups in total. The number of carbonyl (C=O) groups excluding carboxylic acids is 2. The summed E-state index contributed by atoms with van der Waals surface area (Å²) >= 11 is 0. The van der Waals surface area contributed by atoms with E-state index < -0.39 is 29.3 Å². The van der Waals surface area contributed by atoms with Crippen molar-refractivity contribution in [2.75, 3.05) is 13.1 Å².